The zero-order valence-electron chi connectivity index (χ0n) is 9.90. The number of carboxylic acid groups (broad SMARTS) is 1. The highest BCUT2D eigenvalue weighted by molar-refractivity contribution is 9.13. The fraction of sp³-hybridized carbons (Fsp3) is 0.462. The van der Waals surface area contributed by atoms with E-state index < -0.39 is 5.97 Å². The van der Waals surface area contributed by atoms with Crippen molar-refractivity contribution in [3.8, 4) is 0 Å². The number of carbonyl (C=O) groups is 1. The van der Waals surface area contributed by atoms with Crippen LogP contribution in [0.2, 0.25) is 0 Å². The van der Waals surface area contributed by atoms with Crippen LogP contribution in [0.25, 0.3) is 0 Å². The maximum absolute atomic E-state index is 10.7. The predicted molar refractivity (Wildman–Crippen MR) is 77.5 cm³/mol. The molecular weight excluding hydrogens is 362 g/mol. The van der Waals surface area contributed by atoms with Crippen LogP contribution in [0.15, 0.2) is 27.1 Å². The fourth-order valence-corrected chi connectivity index (χ4v) is 2.61. The molecule has 0 amide bonds. The van der Waals surface area contributed by atoms with Gasteiger partial charge in [-0.15, -0.1) is 0 Å². The van der Waals surface area contributed by atoms with Gasteiger partial charge in [0.1, 0.15) is 0 Å². The van der Waals surface area contributed by atoms with Crippen LogP contribution in [0.5, 0.6) is 0 Å². The van der Waals surface area contributed by atoms with Crippen LogP contribution >= 0.6 is 31.9 Å². The standard InChI is InChI=1S/C13H15Br2NO2/c14-11-4-1-9(7-12(11)15)8-16(10-2-3-10)6-5-13(17)18/h1,4,7,10H,2-3,5-6,8H2,(H,17,18). The molecular formula is C13H15Br2NO2. The monoisotopic (exact) mass is 375 g/mol. The Morgan fingerprint density at radius 1 is 1.33 bits per heavy atom. The molecule has 1 N–H and O–H groups in total. The van der Waals surface area contributed by atoms with E-state index in [4.69, 9.17) is 5.11 Å². The molecule has 1 aromatic carbocycles. The molecule has 0 aromatic heterocycles. The minimum Gasteiger partial charge on any atom is -0.481 e. The van der Waals surface area contributed by atoms with Gasteiger partial charge in [-0.05, 0) is 62.4 Å². The lowest BCUT2D eigenvalue weighted by Crippen LogP contribution is -2.28. The van der Waals surface area contributed by atoms with Crippen molar-refractivity contribution < 1.29 is 9.90 Å². The number of hydrogen-bond acceptors (Lipinski definition) is 2. The van der Waals surface area contributed by atoms with Gasteiger partial charge in [-0.3, -0.25) is 9.69 Å². The summed E-state index contributed by atoms with van der Waals surface area (Å²) in [6.45, 7) is 1.46. The zero-order valence-corrected chi connectivity index (χ0v) is 13.1. The molecule has 2 rings (SSSR count). The third kappa shape index (κ3) is 4.07. The number of rotatable bonds is 6. The second-order valence-electron chi connectivity index (χ2n) is 4.59. The van der Waals surface area contributed by atoms with Gasteiger partial charge >= 0.3 is 5.97 Å². The Labute approximate surface area is 123 Å². The molecule has 0 saturated heterocycles. The van der Waals surface area contributed by atoms with Crippen LogP contribution in [0, 0.1) is 0 Å². The average molecular weight is 377 g/mol. The molecule has 1 aromatic rings. The van der Waals surface area contributed by atoms with Gasteiger partial charge in [0.15, 0.2) is 0 Å². The van der Waals surface area contributed by atoms with Gasteiger partial charge < -0.3 is 5.11 Å². The summed E-state index contributed by atoms with van der Waals surface area (Å²) in [7, 11) is 0. The van der Waals surface area contributed by atoms with Crippen LogP contribution in [-0.2, 0) is 11.3 Å². The Hall–Kier alpha value is -0.390. The molecule has 1 aliphatic carbocycles. The van der Waals surface area contributed by atoms with Crippen LogP contribution in [0.4, 0.5) is 0 Å². The molecule has 0 spiro atoms. The topological polar surface area (TPSA) is 40.5 Å². The van der Waals surface area contributed by atoms with Crippen molar-refractivity contribution in [1.29, 1.82) is 0 Å². The van der Waals surface area contributed by atoms with Crippen molar-refractivity contribution >= 4 is 37.8 Å². The highest BCUT2D eigenvalue weighted by Crippen LogP contribution is 2.30. The minimum absolute atomic E-state index is 0.216. The molecule has 3 nitrogen and oxygen atoms in total. The lowest BCUT2D eigenvalue weighted by molar-refractivity contribution is -0.137. The first-order valence-corrected chi connectivity index (χ1v) is 7.54. The SMILES string of the molecule is O=C(O)CCN(Cc1ccc(Br)c(Br)c1)C1CC1. The molecule has 98 valence electrons. The van der Waals surface area contributed by atoms with E-state index in [0.717, 1.165) is 15.5 Å². The van der Waals surface area contributed by atoms with Gasteiger partial charge in [0.05, 0.1) is 6.42 Å². The van der Waals surface area contributed by atoms with Gasteiger partial charge in [0.25, 0.3) is 0 Å². The van der Waals surface area contributed by atoms with Crippen LogP contribution in [-0.4, -0.2) is 28.6 Å². The van der Waals surface area contributed by atoms with Crippen LogP contribution in [0.1, 0.15) is 24.8 Å². The maximum atomic E-state index is 10.7. The van der Waals surface area contributed by atoms with Gasteiger partial charge in [-0.25, -0.2) is 0 Å². The Morgan fingerprint density at radius 3 is 2.61 bits per heavy atom. The van der Waals surface area contributed by atoms with Gasteiger partial charge in [0.2, 0.25) is 0 Å². The summed E-state index contributed by atoms with van der Waals surface area (Å²) in [5.74, 6) is -0.724. The predicted octanol–water partition coefficient (Wildman–Crippen LogP) is 3.65. The molecule has 0 bridgehead atoms. The van der Waals surface area contributed by atoms with Gasteiger partial charge in [-0.2, -0.15) is 0 Å². The van der Waals surface area contributed by atoms with Crippen molar-refractivity contribution in [2.75, 3.05) is 6.54 Å². The van der Waals surface area contributed by atoms with Crippen molar-refractivity contribution in [1.82, 2.24) is 4.90 Å². The van der Waals surface area contributed by atoms with Crippen molar-refractivity contribution in [3.05, 3.63) is 32.7 Å². The fourth-order valence-electron chi connectivity index (χ4n) is 1.94. The zero-order chi connectivity index (χ0) is 13.1. The summed E-state index contributed by atoms with van der Waals surface area (Å²) in [6, 6.07) is 6.75. The van der Waals surface area contributed by atoms with E-state index in [2.05, 4.69) is 48.9 Å². The Balaban J connectivity index is 1.99. The third-order valence-corrected chi connectivity index (χ3v) is 4.93. The molecule has 0 atom stereocenters. The Kier molecular flexibility index (Phi) is 4.81. The molecule has 0 heterocycles. The van der Waals surface area contributed by atoms with E-state index in [-0.39, 0.29) is 6.42 Å². The van der Waals surface area contributed by atoms with Gasteiger partial charge in [-0.1, -0.05) is 6.07 Å². The van der Waals surface area contributed by atoms with Gasteiger partial charge in [0, 0.05) is 28.1 Å². The second-order valence-corrected chi connectivity index (χ2v) is 6.30. The summed E-state index contributed by atoms with van der Waals surface area (Å²) in [5, 5.41) is 8.77. The number of benzene rings is 1. The van der Waals surface area contributed by atoms with Crippen LogP contribution < -0.4 is 0 Å². The second kappa shape index (κ2) is 6.17. The quantitative estimate of drug-likeness (QED) is 0.823. The van der Waals surface area contributed by atoms with E-state index in [9.17, 15) is 4.79 Å². The molecule has 0 unspecified atom stereocenters. The molecule has 1 saturated carbocycles. The minimum atomic E-state index is -0.724. The molecule has 18 heavy (non-hydrogen) atoms. The summed E-state index contributed by atoms with van der Waals surface area (Å²) < 4.78 is 2.07. The smallest absolute Gasteiger partial charge is 0.304 e. The number of aliphatic carboxylic acids is 1. The number of halogens is 2. The van der Waals surface area contributed by atoms with E-state index in [1.165, 1.54) is 18.4 Å². The van der Waals surface area contributed by atoms with E-state index in [1.54, 1.807) is 0 Å². The number of carboxylic acids is 1. The first-order valence-electron chi connectivity index (χ1n) is 5.96. The van der Waals surface area contributed by atoms with E-state index >= 15 is 0 Å². The highest BCUT2D eigenvalue weighted by atomic mass is 79.9. The normalized spacial score (nSPS) is 15.1. The number of nitrogens with zero attached hydrogens (tertiary/aromatic N) is 1. The van der Waals surface area contributed by atoms with Crippen molar-refractivity contribution in [2.24, 2.45) is 0 Å². The molecule has 5 heteroatoms. The third-order valence-electron chi connectivity index (χ3n) is 3.05. The van der Waals surface area contributed by atoms with E-state index in [0.29, 0.717) is 12.6 Å². The highest BCUT2D eigenvalue weighted by Gasteiger charge is 2.29. The van der Waals surface area contributed by atoms with Crippen LogP contribution in [0.3, 0.4) is 0 Å². The maximum Gasteiger partial charge on any atom is 0.304 e. The number of hydrogen-bond donors (Lipinski definition) is 1. The largest absolute Gasteiger partial charge is 0.481 e. The Bertz CT molecular complexity index is 447. The molecule has 1 aliphatic rings. The first kappa shape index (κ1) is 14.0. The summed E-state index contributed by atoms with van der Waals surface area (Å²) >= 11 is 6.94. The van der Waals surface area contributed by atoms with Crippen molar-refractivity contribution in [2.45, 2.75) is 31.8 Å². The lowest BCUT2D eigenvalue weighted by Gasteiger charge is -2.21. The van der Waals surface area contributed by atoms with E-state index in [1.807, 2.05) is 6.07 Å². The summed E-state index contributed by atoms with van der Waals surface area (Å²) in [6.07, 6.45) is 2.60. The molecule has 0 aliphatic heterocycles. The summed E-state index contributed by atoms with van der Waals surface area (Å²) in [4.78, 5) is 12.9. The summed E-state index contributed by atoms with van der Waals surface area (Å²) in [5.41, 5.74) is 1.21. The molecule has 0 radical (unpaired) electrons. The first-order chi connectivity index (χ1) is 8.56. The lowest BCUT2D eigenvalue weighted by atomic mass is 10.2. The average Bonchev–Trinajstić information content (AvgIpc) is 3.13. The molecule has 1 fully saturated rings. The van der Waals surface area contributed by atoms with Crippen molar-refractivity contribution in [3.63, 3.8) is 0 Å². The Morgan fingerprint density at radius 2 is 2.06 bits per heavy atom.